The van der Waals surface area contributed by atoms with Crippen molar-refractivity contribution in [1.29, 1.82) is 0 Å². The molecule has 1 heterocycles. The lowest BCUT2D eigenvalue weighted by Crippen LogP contribution is -2.48. The van der Waals surface area contributed by atoms with Gasteiger partial charge in [0.25, 0.3) is 0 Å². The van der Waals surface area contributed by atoms with Crippen LogP contribution in [0.1, 0.15) is 5.56 Å². The molecule has 0 aliphatic carbocycles. The van der Waals surface area contributed by atoms with Crippen LogP contribution in [0.4, 0.5) is 5.69 Å². The standard InChI is InChI=1S/C19H20Cl3N3O/c20-15-3-1-2-14(10-15)12-24-6-8-25(9-7-24)13-19(26)23-18-5-4-16(21)11-17(18)22/h1-5,10-11H,6-9,12-13H2,(H,23,26). The van der Waals surface area contributed by atoms with E-state index in [1.807, 2.05) is 18.2 Å². The lowest BCUT2D eigenvalue weighted by atomic mass is 10.2. The van der Waals surface area contributed by atoms with E-state index in [2.05, 4.69) is 21.2 Å². The van der Waals surface area contributed by atoms with Crippen molar-refractivity contribution in [3.63, 3.8) is 0 Å². The van der Waals surface area contributed by atoms with Gasteiger partial charge >= 0.3 is 0 Å². The van der Waals surface area contributed by atoms with Crippen LogP contribution in [-0.4, -0.2) is 48.4 Å². The summed E-state index contributed by atoms with van der Waals surface area (Å²) in [6, 6.07) is 13.0. The zero-order valence-corrected chi connectivity index (χ0v) is 16.5. The van der Waals surface area contributed by atoms with E-state index in [9.17, 15) is 4.79 Å². The Bertz CT molecular complexity index is 776. The third kappa shape index (κ3) is 5.60. The summed E-state index contributed by atoms with van der Waals surface area (Å²) >= 11 is 18.0. The average Bonchev–Trinajstić information content (AvgIpc) is 2.59. The molecular weight excluding hydrogens is 393 g/mol. The van der Waals surface area contributed by atoms with Crippen LogP contribution in [0.2, 0.25) is 15.1 Å². The molecule has 3 rings (SSSR count). The van der Waals surface area contributed by atoms with Crippen LogP contribution < -0.4 is 5.32 Å². The maximum atomic E-state index is 12.3. The van der Waals surface area contributed by atoms with Crippen LogP contribution in [0.5, 0.6) is 0 Å². The molecule has 0 saturated carbocycles. The molecular formula is C19H20Cl3N3O. The molecule has 1 aliphatic heterocycles. The number of halogens is 3. The first-order valence-electron chi connectivity index (χ1n) is 8.43. The number of rotatable bonds is 5. The lowest BCUT2D eigenvalue weighted by Gasteiger charge is -2.34. The third-order valence-electron chi connectivity index (χ3n) is 4.33. The summed E-state index contributed by atoms with van der Waals surface area (Å²) in [4.78, 5) is 16.8. The fourth-order valence-electron chi connectivity index (χ4n) is 2.98. The molecule has 0 bridgehead atoms. The van der Waals surface area contributed by atoms with Gasteiger partial charge in [-0.15, -0.1) is 0 Å². The van der Waals surface area contributed by atoms with Crippen molar-refractivity contribution in [1.82, 2.24) is 9.80 Å². The second-order valence-electron chi connectivity index (χ2n) is 6.35. The minimum Gasteiger partial charge on any atom is -0.324 e. The second-order valence-corrected chi connectivity index (χ2v) is 7.63. The zero-order valence-electron chi connectivity index (χ0n) is 14.2. The van der Waals surface area contributed by atoms with Crippen LogP contribution in [-0.2, 0) is 11.3 Å². The second kappa shape index (κ2) is 9.07. The average molecular weight is 413 g/mol. The van der Waals surface area contributed by atoms with Gasteiger partial charge in [-0.3, -0.25) is 14.6 Å². The molecule has 1 saturated heterocycles. The first-order valence-corrected chi connectivity index (χ1v) is 9.57. The summed E-state index contributed by atoms with van der Waals surface area (Å²) in [6.45, 7) is 4.76. The Labute approximate surface area is 168 Å². The molecule has 0 atom stereocenters. The molecule has 0 unspecified atom stereocenters. The van der Waals surface area contributed by atoms with E-state index in [4.69, 9.17) is 34.8 Å². The van der Waals surface area contributed by atoms with Gasteiger partial charge in [-0.25, -0.2) is 0 Å². The van der Waals surface area contributed by atoms with Gasteiger partial charge in [-0.1, -0.05) is 46.9 Å². The molecule has 0 spiro atoms. The Morgan fingerprint density at radius 2 is 1.62 bits per heavy atom. The van der Waals surface area contributed by atoms with Crippen molar-refractivity contribution in [3.8, 4) is 0 Å². The molecule has 1 aliphatic rings. The van der Waals surface area contributed by atoms with E-state index in [0.29, 0.717) is 22.3 Å². The molecule has 2 aromatic carbocycles. The number of nitrogens with zero attached hydrogens (tertiary/aromatic N) is 2. The minimum atomic E-state index is -0.0717. The summed E-state index contributed by atoms with van der Waals surface area (Å²) in [6.07, 6.45) is 0. The minimum absolute atomic E-state index is 0.0717. The van der Waals surface area contributed by atoms with E-state index in [0.717, 1.165) is 37.7 Å². The van der Waals surface area contributed by atoms with E-state index in [1.165, 1.54) is 5.56 Å². The molecule has 26 heavy (non-hydrogen) atoms. The third-order valence-corrected chi connectivity index (χ3v) is 5.12. The summed E-state index contributed by atoms with van der Waals surface area (Å²) in [5, 5.41) is 4.59. The monoisotopic (exact) mass is 411 g/mol. The van der Waals surface area contributed by atoms with Crippen molar-refractivity contribution < 1.29 is 4.79 Å². The summed E-state index contributed by atoms with van der Waals surface area (Å²) in [7, 11) is 0. The number of hydrogen-bond donors (Lipinski definition) is 1. The number of amides is 1. The van der Waals surface area contributed by atoms with Crippen LogP contribution >= 0.6 is 34.8 Å². The Morgan fingerprint density at radius 1 is 0.923 bits per heavy atom. The van der Waals surface area contributed by atoms with Gasteiger partial charge in [0.05, 0.1) is 17.3 Å². The van der Waals surface area contributed by atoms with E-state index in [-0.39, 0.29) is 5.91 Å². The highest BCUT2D eigenvalue weighted by Crippen LogP contribution is 2.25. The number of hydrogen-bond acceptors (Lipinski definition) is 3. The van der Waals surface area contributed by atoms with Crippen LogP contribution in [0.15, 0.2) is 42.5 Å². The molecule has 7 heteroatoms. The van der Waals surface area contributed by atoms with E-state index in [1.54, 1.807) is 18.2 Å². The number of anilines is 1. The van der Waals surface area contributed by atoms with Crippen molar-refractivity contribution in [3.05, 3.63) is 63.1 Å². The van der Waals surface area contributed by atoms with Gasteiger partial charge in [-0.2, -0.15) is 0 Å². The summed E-state index contributed by atoms with van der Waals surface area (Å²) in [5.74, 6) is -0.0717. The smallest absolute Gasteiger partial charge is 0.238 e. The molecule has 0 aromatic heterocycles. The van der Waals surface area contributed by atoms with Crippen LogP contribution in [0.25, 0.3) is 0 Å². The highest BCUT2D eigenvalue weighted by Gasteiger charge is 2.19. The first-order chi connectivity index (χ1) is 12.5. The van der Waals surface area contributed by atoms with E-state index < -0.39 is 0 Å². The predicted molar refractivity (Wildman–Crippen MR) is 108 cm³/mol. The molecule has 4 nitrogen and oxygen atoms in total. The normalized spacial score (nSPS) is 15.8. The summed E-state index contributed by atoms with van der Waals surface area (Å²) in [5.41, 5.74) is 1.79. The highest BCUT2D eigenvalue weighted by atomic mass is 35.5. The largest absolute Gasteiger partial charge is 0.324 e. The van der Waals surface area contributed by atoms with Crippen molar-refractivity contribution in [2.24, 2.45) is 0 Å². The fraction of sp³-hybridized carbons (Fsp3) is 0.316. The molecule has 1 amide bonds. The number of piperazine rings is 1. The Hall–Kier alpha value is -1.30. The Balaban J connectivity index is 1.45. The van der Waals surface area contributed by atoms with Crippen molar-refractivity contribution in [2.45, 2.75) is 6.54 Å². The van der Waals surface area contributed by atoms with Gasteiger partial charge in [0.15, 0.2) is 0 Å². The molecule has 0 radical (unpaired) electrons. The number of benzene rings is 2. The number of carbonyl (C=O) groups excluding carboxylic acids is 1. The number of carbonyl (C=O) groups is 1. The highest BCUT2D eigenvalue weighted by molar-refractivity contribution is 6.36. The van der Waals surface area contributed by atoms with Gasteiger partial charge < -0.3 is 5.32 Å². The predicted octanol–water partition coefficient (Wildman–Crippen LogP) is 4.40. The fourth-order valence-corrected chi connectivity index (χ4v) is 3.65. The SMILES string of the molecule is O=C(CN1CCN(Cc2cccc(Cl)c2)CC1)Nc1ccc(Cl)cc1Cl. The Kier molecular flexibility index (Phi) is 6.79. The van der Waals surface area contributed by atoms with Gasteiger partial charge in [0.2, 0.25) is 5.91 Å². The lowest BCUT2D eigenvalue weighted by molar-refractivity contribution is -0.117. The quantitative estimate of drug-likeness (QED) is 0.790. The first kappa shape index (κ1) is 19.5. The molecule has 1 fully saturated rings. The molecule has 138 valence electrons. The summed E-state index contributed by atoms with van der Waals surface area (Å²) < 4.78 is 0. The van der Waals surface area contributed by atoms with Crippen molar-refractivity contribution in [2.75, 3.05) is 38.0 Å². The van der Waals surface area contributed by atoms with Gasteiger partial charge in [0.1, 0.15) is 0 Å². The van der Waals surface area contributed by atoms with E-state index >= 15 is 0 Å². The molecule has 2 aromatic rings. The topological polar surface area (TPSA) is 35.6 Å². The molecule has 1 N–H and O–H groups in total. The maximum Gasteiger partial charge on any atom is 0.238 e. The van der Waals surface area contributed by atoms with Crippen LogP contribution in [0.3, 0.4) is 0 Å². The van der Waals surface area contributed by atoms with Gasteiger partial charge in [-0.05, 0) is 35.9 Å². The Morgan fingerprint density at radius 3 is 2.31 bits per heavy atom. The van der Waals surface area contributed by atoms with Crippen LogP contribution in [0, 0.1) is 0 Å². The maximum absolute atomic E-state index is 12.3. The number of nitrogens with one attached hydrogen (secondary N) is 1. The van der Waals surface area contributed by atoms with Crippen molar-refractivity contribution >= 4 is 46.4 Å². The zero-order chi connectivity index (χ0) is 18.5. The van der Waals surface area contributed by atoms with Gasteiger partial charge in [0, 0.05) is 42.8 Å².